The van der Waals surface area contributed by atoms with Crippen LogP contribution in [0.3, 0.4) is 0 Å². The summed E-state index contributed by atoms with van der Waals surface area (Å²) in [6.07, 6.45) is 0. The molecular formula is C7H11Cl2NO2S. The van der Waals surface area contributed by atoms with Gasteiger partial charge in [-0.2, -0.15) is 0 Å². The SMILES string of the molecule is Cl.Cl.NS(=O)(=O)Cc1ccccc1. The van der Waals surface area contributed by atoms with Crippen LogP contribution < -0.4 is 5.14 Å². The maximum atomic E-state index is 10.6. The highest BCUT2D eigenvalue weighted by molar-refractivity contribution is 7.88. The molecule has 76 valence electrons. The fourth-order valence-corrected chi connectivity index (χ4v) is 1.46. The van der Waals surface area contributed by atoms with Gasteiger partial charge in [0.15, 0.2) is 0 Å². The minimum absolute atomic E-state index is 0. The summed E-state index contributed by atoms with van der Waals surface area (Å²) in [6.45, 7) is 0. The Balaban J connectivity index is 0. The van der Waals surface area contributed by atoms with Crippen molar-refractivity contribution in [3.05, 3.63) is 35.9 Å². The lowest BCUT2D eigenvalue weighted by molar-refractivity contribution is 0.597. The van der Waals surface area contributed by atoms with Crippen LogP contribution in [0.25, 0.3) is 0 Å². The van der Waals surface area contributed by atoms with Crippen LogP contribution in [0.15, 0.2) is 30.3 Å². The monoisotopic (exact) mass is 243 g/mol. The van der Waals surface area contributed by atoms with Gasteiger partial charge in [0, 0.05) is 0 Å². The Hall–Kier alpha value is -0.290. The smallest absolute Gasteiger partial charge is 0.213 e. The van der Waals surface area contributed by atoms with Gasteiger partial charge in [-0.25, -0.2) is 13.6 Å². The molecule has 0 saturated heterocycles. The van der Waals surface area contributed by atoms with Gasteiger partial charge in [-0.15, -0.1) is 24.8 Å². The van der Waals surface area contributed by atoms with Crippen molar-refractivity contribution in [2.75, 3.05) is 0 Å². The van der Waals surface area contributed by atoms with Gasteiger partial charge in [-0.05, 0) is 5.56 Å². The molecule has 0 fully saturated rings. The molecule has 0 aliphatic carbocycles. The molecule has 0 spiro atoms. The van der Waals surface area contributed by atoms with Gasteiger partial charge in [0.2, 0.25) is 10.0 Å². The van der Waals surface area contributed by atoms with Crippen molar-refractivity contribution < 1.29 is 8.42 Å². The van der Waals surface area contributed by atoms with E-state index >= 15 is 0 Å². The lowest BCUT2D eigenvalue weighted by Gasteiger charge is -1.96. The Morgan fingerprint density at radius 3 is 1.92 bits per heavy atom. The molecule has 1 aromatic carbocycles. The van der Waals surface area contributed by atoms with Crippen molar-refractivity contribution in [1.82, 2.24) is 0 Å². The van der Waals surface area contributed by atoms with Crippen molar-refractivity contribution >= 4 is 34.8 Å². The van der Waals surface area contributed by atoms with E-state index in [9.17, 15) is 8.42 Å². The Kier molecular flexibility index (Phi) is 7.26. The number of halogens is 2. The molecule has 0 saturated carbocycles. The van der Waals surface area contributed by atoms with Crippen LogP contribution in [-0.2, 0) is 15.8 Å². The number of benzene rings is 1. The van der Waals surface area contributed by atoms with E-state index in [2.05, 4.69) is 0 Å². The third-order valence-corrected chi connectivity index (χ3v) is 1.95. The van der Waals surface area contributed by atoms with E-state index in [1.165, 1.54) is 0 Å². The van der Waals surface area contributed by atoms with Gasteiger partial charge in [-0.1, -0.05) is 30.3 Å². The van der Waals surface area contributed by atoms with Crippen LogP contribution >= 0.6 is 24.8 Å². The maximum Gasteiger partial charge on any atom is 0.213 e. The predicted molar refractivity (Wildman–Crippen MR) is 57.7 cm³/mol. The van der Waals surface area contributed by atoms with Crippen molar-refractivity contribution in [3.63, 3.8) is 0 Å². The maximum absolute atomic E-state index is 10.6. The topological polar surface area (TPSA) is 60.2 Å². The molecule has 6 heteroatoms. The van der Waals surface area contributed by atoms with Crippen molar-refractivity contribution in [2.24, 2.45) is 5.14 Å². The van der Waals surface area contributed by atoms with Crippen LogP contribution in [0.4, 0.5) is 0 Å². The molecule has 0 heterocycles. The lowest BCUT2D eigenvalue weighted by Crippen LogP contribution is -2.14. The molecule has 1 rings (SSSR count). The molecule has 13 heavy (non-hydrogen) atoms. The first-order chi connectivity index (χ1) is 5.08. The molecule has 0 aliphatic heterocycles. The number of hydrogen-bond acceptors (Lipinski definition) is 2. The van der Waals surface area contributed by atoms with Crippen molar-refractivity contribution in [1.29, 1.82) is 0 Å². The molecule has 0 radical (unpaired) electrons. The largest absolute Gasteiger partial charge is 0.228 e. The van der Waals surface area contributed by atoms with Gasteiger partial charge in [-0.3, -0.25) is 0 Å². The molecule has 1 aromatic rings. The van der Waals surface area contributed by atoms with Crippen LogP contribution in [0, 0.1) is 0 Å². The molecular weight excluding hydrogens is 233 g/mol. The van der Waals surface area contributed by atoms with Crippen molar-refractivity contribution in [3.8, 4) is 0 Å². The summed E-state index contributed by atoms with van der Waals surface area (Å²) < 4.78 is 21.2. The van der Waals surface area contributed by atoms with Crippen LogP contribution in [-0.4, -0.2) is 8.42 Å². The van der Waals surface area contributed by atoms with Gasteiger partial charge in [0.05, 0.1) is 5.75 Å². The van der Waals surface area contributed by atoms with E-state index in [0.717, 1.165) is 5.56 Å². The van der Waals surface area contributed by atoms with E-state index in [4.69, 9.17) is 5.14 Å². The van der Waals surface area contributed by atoms with Crippen molar-refractivity contribution in [2.45, 2.75) is 5.75 Å². The van der Waals surface area contributed by atoms with Crippen LogP contribution in [0.5, 0.6) is 0 Å². The molecule has 0 atom stereocenters. The van der Waals surface area contributed by atoms with E-state index < -0.39 is 10.0 Å². The molecule has 3 nitrogen and oxygen atoms in total. The fourth-order valence-electron chi connectivity index (χ4n) is 0.807. The molecule has 2 N–H and O–H groups in total. The summed E-state index contributed by atoms with van der Waals surface area (Å²) in [5.41, 5.74) is 0.718. The van der Waals surface area contributed by atoms with Gasteiger partial charge >= 0.3 is 0 Å². The second-order valence-electron chi connectivity index (χ2n) is 2.29. The standard InChI is InChI=1S/C7H9NO2S.2ClH/c8-11(9,10)6-7-4-2-1-3-5-7;;/h1-5H,6H2,(H2,8,9,10);2*1H. The van der Waals surface area contributed by atoms with Crippen LogP contribution in [0.2, 0.25) is 0 Å². The summed E-state index contributed by atoms with van der Waals surface area (Å²) in [5, 5.41) is 4.84. The second kappa shape index (κ2) is 6.21. The average molecular weight is 244 g/mol. The molecule has 0 aliphatic rings. The summed E-state index contributed by atoms with van der Waals surface area (Å²) >= 11 is 0. The first-order valence-electron chi connectivity index (χ1n) is 3.12. The second-order valence-corrected chi connectivity index (χ2v) is 3.91. The average Bonchev–Trinajstić information content (AvgIpc) is 1.85. The minimum Gasteiger partial charge on any atom is -0.228 e. The van der Waals surface area contributed by atoms with E-state index in [0.29, 0.717) is 0 Å². The third kappa shape index (κ3) is 6.83. The Labute approximate surface area is 90.2 Å². The van der Waals surface area contributed by atoms with Gasteiger partial charge in [0.1, 0.15) is 0 Å². The highest BCUT2D eigenvalue weighted by atomic mass is 35.5. The number of primary sulfonamides is 1. The Morgan fingerprint density at radius 1 is 1.08 bits per heavy atom. The first-order valence-corrected chi connectivity index (χ1v) is 4.84. The molecule has 0 aromatic heterocycles. The van der Waals surface area contributed by atoms with E-state index in [1.807, 2.05) is 6.07 Å². The number of sulfonamides is 1. The zero-order valence-corrected chi connectivity index (χ0v) is 9.16. The zero-order valence-electron chi connectivity index (χ0n) is 6.71. The molecule has 0 amide bonds. The summed E-state index contributed by atoms with van der Waals surface area (Å²) in [4.78, 5) is 0. The quantitative estimate of drug-likeness (QED) is 0.852. The highest BCUT2D eigenvalue weighted by Gasteiger charge is 2.02. The number of rotatable bonds is 2. The lowest BCUT2D eigenvalue weighted by atomic mass is 10.2. The third-order valence-electron chi connectivity index (χ3n) is 1.21. The van der Waals surface area contributed by atoms with Crippen LogP contribution in [0.1, 0.15) is 5.56 Å². The van der Waals surface area contributed by atoms with Gasteiger partial charge < -0.3 is 0 Å². The molecule has 0 bridgehead atoms. The van der Waals surface area contributed by atoms with E-state index in [1.54, 1.807) is 24.3 Å². The summed E-state index contributed by atoms with van der Waals surface area (Å²) in [5.74, 6) is -0.0894. The van der Waals surface area contributed by atoms with Gasteiger partial charge in [0.25, 0.3) is 0 Å². The number of hydrogen-bond donors (Lipinski definition) is 1. The Bertz CT molecular complexity index is 326. The normalized spacial score (nSPS) is 9.62. The Morgan fingerprint density at radius 2 is 1.54 bits per heavy atom. The molecule has 0 unspecified atom stereocenters. The van der Waals surface area contributed by atoms with E-state index in [-0.39, 0.29) is 30.6 Å². The fraction of sp³-hybridized carbons (Fsp3) is 0.143. The highest BCUT2D eigenvalue weighted by Crippen LogP contribution is 2.01. The summed E-state index contributed by atoms with van der Waals surface area (Å²) in [7, 11) is -3.38. The predicted octanol–water partition coefficient (Wildman–Crippen LogP) is 1.32. The minimum atomic E-state index is -3.38. The zero-order chi connectivity index (χ0) is 8.32. The number of nitrogens with two attached hydrogens (primary N) is 1. The first kappa shape index (κ1) is 15.2. The summed E-state index contributed by atoms with van der Waals surface area (Å²) in [6, 6.07) is 8.84.